The monoisotopic (exact) mass is 389 g/mol. The van der Waals surface area contributed by atoms with Gasteiger partial charge in [0, 0.05) is 28.4 Å². The standard InChI is InChI=1S/C19H20ClN3O2S/c1-10(2)17-16(12(4)23-25-17)18(24)22-19-21-9-14(26-19)7-13-6-5-11(3)15(20)8-13/h5-6,8-10H,7H2,1-4H3,(H,21,22,24). The number of halogens is 1. The molecule has 0 aliphatic carbocycles. The maximum Gasteiger partial charge on any atom is 0.262 e. The fourth-order valence-corrected chi connectivity index (χ4v) is 3.66. The second-order valence-corrected chi connectivity index (χ2v) is 8.03. The van der Waals surface area contributed by atoms with Crippen molar-refractivity contribution in [1.82, 2.24) is 10.1 Å². The van der Waals surface area contributed by atoms with Crippen LogP contribution in [-0.4, -0.2) is 16.0 Å². The molecule has 0 fully saturated rings. The lowest BCUT2D eigenvalue weighted by molar-refractivity contribution is 0.102. The van der Waals surface area contributed by atoms with Crippen molar-refractivity contribution in [2.75, 3.05) is 5.32 Å². The molecule has 26 heavy (non-hydrogen) atoms. The first-order chi connectivity index (χ1) is 12.3. The van der Waals surface area contributed by atoms with Crippen LogP contribution >= 0.6 is 22.9 Å². The molecule has 7 heteroatoms. The predicted octanol–water partition coefficient (Wildman–Crippen LogP) is 5.37. The fraction of sp³-hybridized carbons (Fsp3) is 0.316. The number of hydrogen-bond donors (Lipinski definition) is 1. The van der Waals surface area contributed by atoms with Gasteiger partial charge in [0.05, 0.1) is 5.69 Å². The van der Waals surface area contributed by atoms with Gasteiger partial charge in [-0.05, 0) is 31.0 Å². The third kappa shape index (κ3) is 3.97. The number of carbonyl (C=O) groups excluding carboxylic acids is 1. The quantitative estimate of drug-likeness (QED) is 0.637. The lowest BCUT2D eigenvalue weighted by Crippen LogP contribution is -2.14. The second kappa shape index (κ2) is 7.60. The summed E-state index contributed by atoms with van der Waals surface area (Å²) in [7, 11) is 0. The van der Waals surface area contributed by atoms with Crippen molar-refractivity contribution in [3.63, 3.8) is 0 Å². The van der Waals surface area contributed by atoms with Gasteiger partial charge in [-0.2, -0.15) is 0 Å². The zero-order chi connectivity index (χ0) is 18.8. The Kier molecular flexibility index (Phi) is 5.44. The number of amides is 1. The Hall–Kier alpha value is -2.18. The van der Waals surface area contributed by atoms with Gasteiger partial charge in [-0.25, -0.2) is 4.98 Å². The summed E-state index contributed by atoms with van der Waals surface area (Å²) in [5, 5.41) is 8.07. The lowest BCUT2D eigenvalue weighted by atomic mass is 10.0. The van der Waals surface area contributed by atoms with E-state index in [1.807, 2.05) is 32.9 Å². The highest BCUT2D eigenvalue weighted by molar-refractivity contribution is 7.15. The summed E-state index contributed by atoms with van der Waals surface area (Å²) in [6.45, 7) is 7.67. The number of benzene rings is 1. The van der Waals surface area contributed by atoms with Crippen molar-refractivity contribution in [3.8, 4) is 0 Å². The van der Waals surface area contributed by atoms with Gasteiger partial charge in [0.2, 0.25) is 0 Å². The molecule has 0 saturated heterocycles. The van der Waals surface area contributed by atoms with Crippen LogP contribution in [0.25, 0.3) is 0 Å². The fourth-order valence-electron chi connectivity index (χ4n) is 2.61. The van der Waals surface area contributed by atoms with Crippen LogP contribution < -0.4 is 5.32 Å². The van der Waals surface area contributed by atoms with Crippen molar-refractivity contribution in [3.05, 3.63) is 62.4 Å². The van der Waals surface area contributed by atoms with Crippen molar-refractivity contribution in [2.24, 2.45) is 0 Å². The summed E-state index contributed by atoms with van der Waals surface area (Å²) in [5.74, 6) is 0.424. The Morgan fingerprint density at radius 1 is 1.35 bits per heavy atom. The number of aromatic nitrogens is 2. The van der Waals surface area contributed by atoms with Gasteiger partial charge in [-0.3, -0.25) is 10.1 Å². The average molecular weight is 390 g/mol. The molecule has 3 aromatic rings. The van der Waals surface area contributed by atoms with Gasteiger partial charge in [0.15, 0.2) is 10.9 Å². The summed E-state index contributed by atoms with van der Waals surface area (Å²) >= 11 is 7.63. The minimum atomic E-state index is -0.244. The molecule has 1 amide bonds. The van der Waals surface area contributed by atoms with Gasteiger partial charge in [0.25, 0.3) is 5.91 Å². The van der Waals surface area contributed by atoms with Crippen molar-refractivity contribution in [2.45, 2.75) is 40.0 Å². The molecule has 0 aliphatic rings. The molecule has 1 aromatic carbocycles. The van der Waals surface area contributed by atoms with Crippen LogP contribution in [0.5, 0.6) is 0 Å². The van der Waals surface area contributed by atoms with Crippen LogP contribution in [0.2, 0.25) is 5.02 Å². The lowest BCUT2D eigenvalue weighted by Gasteiger charge is -2.04. The molecule has 3 rings (SSSR count). The van der Waals surface area contributed by atoms with Crippen LogP contribution in [0.15, 0.2) is 28.9 Å². The second-order valence-electron chi connectivity index (χ2n) is 6.51. The number of rotatable bonds is 5. The molecule has 0 spiro atoms. The van der Waals surface area contributed by atoms with E-state index in [1.54, 1.807) is 13.1 Å². The van der Waals surface area contributed by atoms with E-state index in [9.17, 15) is 4.79 Å². The summed E-state index contributed by atoms with van der Waals surface area (Å²) in [6, 6.07) is 6.02. The summed E-state index contributed by atoms with van der Waals surface area (Å²) in [4.78, 5) is 18.0. The van der Waals surface area contributed by atoms with E-state index in [1.165, 1.54) is 11.3 Å². The SMILES string of the molecule is Cc1ccc(Cc2cnc(NC(=O)c3c(C)noc3C(C)C)s2)cc1Cl. The van der Waals surface area contributed by atoms with Gasteiger partial charge in [-0.15, -0.1) is 11.3 Å². The number of anilines is 1. The maximum atomic E-state index is 12.6. The summed E-state index contributed by atoms with van der Waals surface area (Å²) in [5.41, 5.74) is 3.23. The Balaban J connectivity index is 1.73. The topological polar surface area (TPSA) is 68.0 Å². The van der Waals surface area contributed by atoms with Crippen LogP contribution in [0.3, 0.4) is 0 Å². The first-order valence-corrected chi connectivity index (χ1v) is 9.52. The molecule has 2 aromatic heterocycles. The first-order valence-electron chi connectivity index (χ1n) is 8.32. The molecule has 5 nitrogen and oxygen atoms in total. The van der Waals surface area contributed by atoms with Gasteiger partial charge in [0.1, 0.15) is 5.56 Å². The number of thiazole rings is 1. The largest absolute Gasteiger partial charge is 0.360 e. The van der Waals surface area contributed by atoms with E-state index in [2.05, 4.69) is 21.5 Å². The normalized spacial score (nSPS) is 11.2. The van der Waals surface area contributed by atoms with E-state index in [0.717, 1.165) is 27.4 Å². The zero-order valence-corrected chi connectivity index (χ0v) is 16.7. The first kappa shape index (κ1) is 18.6. The minimum absolute atomic E-state index is 0.0788. The molecule has 136 valence electrons. The molecule has 0 atom stereocenters. The Morgan fingerprint density at radius 2 is 2.12 bits per heavy atom. The zero-order valence-electron chi connectivity index (χ0n) is 15.1. The van der Waals surface area contributed by atoms with E-state index < -0.39 is 0 Å². The van der Waals surface area contributed by atoms with Crippen LogP contribution in [0.1, 0.15) is 57.6 Å². The third-order valence-corrected chi connectivity index (χ3v) is 5.35. The Labute approximate surface area is 161 Å². The van der Waals surface area contributed by atoms with E-state index in [0.29, 0.717) is 22.1 Å². The molecule has 0 saturated carbocycles. The number of hydrogen-bond acceptors (Lipinski definition) is 5. The maximum absolute atomic E-state index is 12.6. The van der Waals surface area contributed by atoms with E-state index in [-0.39, 0.29) is 11.8 Å². The molecular weight excluding hydrogens is 370 g/mol. The van der Waals surface area contributed by atoms with Gasteiger partial charge in [-0.1, -0.05) is 42.7 Å². The number of nitrogens with zero attached hydrogens (tertiary/aromatic N) is 2. The summed E-state index contributed by atoms with van der Waals surface area (Å²) in [6.07, 6.45) is 2.49. The Morgan fingerprint density at radius 3 is 2.81 bits per heavy atom. The van der Waals surface area contributed by atoms with E-state index >= 15 is 0 Å². The summed E-state index contributed by atoms with van der Waals surface area (Å²) < 4.78 is 5.28. The molecule has 0 bridgehead atoms. The minimum Gasteiger partial charge on any atom is -0.360 e. The Bertz CT molecular complexity index is 946. The molecule has 0 unspecified atom stereocenters. The van der Waals surface area contributed by atoms with Crippen LogP contribution in [-0.2, 0) is 6.42 Å². The molecule has 2 heterocycles. The molecule has 1 N–H and O–H groups in total. The van der Waals surface area contributed by atoms with Crippen molar-refractivity contribution in [1.29, 1.82) is 0 Å². The highest BCUT2D eigenvalue weighted by Crippen LogP contribution is 2.26. The molecular formula is C19H20ClN3O2S. The van der Waals surface area contributed by atoms with Gasteiger partial charge >= 0.3 is 0 Å². The van der Waals surface area contributed by atoms with Crippen LogP contribution in [0, 0.1) is 13.8 Å². The molecule has 0 radical (unpaired) electrons. The van der Waals surface area contributed by atoms with Crippen molar-refractivity contribution >= 4 is 34.0 Å². The molecule has 0 aliphatic heterocycles. The third-order valence-electron chi connectivity index (χ3n) is 4.03. The number of aryl methyl sites for hydroxylation is 2. The number of nitrogens with one attached hydrogen (secondary N) is 1. The predicted molar refractivity (Wildman–Crippen MR) is 104 cm³/mol. The van der Waals surface area contributed by atoms with E-state index in [4.69, 9.17) is 16.1 Å². The van der Waals surface area contributed by atoms with Crippen LogP contribution in [0.4, 0.5) is 5.13 Å². The van der Waals surface area contributed by atoms with Gasteiger partial charge < -0.3 is 4.52 Å². The average Bonchev–Trinajstić information content (AvgIpc) is 3.17. The highest BCUT2D eigenvalue weighted by Gasteiger charge is 2.23. The smallest absolute Gasteiger partial charge is 0.262 e. The highest BCUT2D eigenvalue weighted by atomic mass is 35.5. The van der Waals surface area contributed by atoms with Crippen molar-refractivity contribution < 1.29 is 9.32 Å². The number of carbonyl (C=O) groups is 1.